The highest BCUT2D eigenvalue weighted by Crippen LogP contribution is 2.35. The van der Waals surface area contributed by atoms with Gasteiger partial charge in [-0.25, -0.2) is 0 Å². The number of hydrogen-bond donors (Lipinski definition) is 1. The number of thiophene rings is 1. The summed E-state index contributed by atoms with van der Waals surface area (Å²) >= 11 is 8.35. The molecule has 1 aromatic heterocycles. The lowest BCUT2D eigenvalue weighted by atomic mass is 10.0. The Kier molecular flexibility index (Phi) is 4.67. The second-order valence-corrected chi connectivity index (χ2v) is 6.54. The van der Waals surface area contributed by atoms with Gasteiger partial charge in [-0.3, -0.25) is 0 Å². The monoisotopic (exact) mass is 293 g/mol. The van der Waals surface area contributed by atoms with E-state index in [2.05, 4.69) is 57.3 Å². The highest BCUT2D eigenvalue weighted by Gasteiger charge is 2.20. The Morgan fingerprint density at radius 2 is 1.95 bits per heavy atom. The fourth-order valence-corrected chi connectivity index (χ4v) is 3.75. The zero-order chi connectivity index (χ0) is 14.0. The van der Waals surface area contributed by atoms with E-state index in [9.17, 15) is 0 Å². The molecule has 0 amide bonds. The highest BCUT2D eigenvalue weighted by atomic mass is 35.5. The van der Waals surface area contributed by atoms with Gasteiger partial charge in [0.05, 0.1) is 6.04 Å². The van der Waals surface area contributed by atoms with Crippen molar-refractivity contribution in [2.24, 2.45) is 0 Å². The molecule has 2 rings (SSSR count). The molecule has 1 nitrogen and oxygen atoms in total. The molecule has 0 spiro atoms. The lowest BCUT2D eigenvalue weighted by molar-refractivity contribution is 0.637. The van der Waals surface area contributed by atoms with E-state index in [0.29, 0.717) is 0 Å². The number of benzene rings is 1. The third-order valence-corrected chi connectivity index (χ3v) is 5.02. The van der Waals surface area contributed by atoms with Crippen molar-refractivity contribution in [3.8, 4) is 0 Å². The highest BCUT2D eigenvalue weighted by molar-refractivity contribution is 7.12. The molecular formula is C16H20ClNS. The molecule has 0 aliphatic carbocycles. The van der Waals surface area contributed by atoms with Crippen molar-refractivity contribution >= 4 is 22.9 Å². The molecule has 2 aromatic rings. The maximum Gasteiger partial charge on any atom is 0.0688 e. The molecule has 1 heterocycles. The summed E-state index contributed by atoms with van der Waals surface area (Å²) in [7, 11) is 0. The second-order valence-electron chi connectivity index (χ2n) is 4.87. The van der Waals surface area contributed by atoms with Gasteiger partial charge in [0.1, 0.15) is 0 Å². The molecule has 1 aromatic carbocycles. The first-order chi connectivity index (χ1) is 9.04. The Balaban J connectivity index is 2.51. The third kappa shape index (κ3) is 3.02. The van der Waals surface area contributed by atoms with Crippen LogP contribution in [-0.2, 0) is 0 Å². The molecule has 1 atom stereocenters. The van der Waals surface area contributed by atoms with Crippen LogP contribution in [0.1, 0.15) is 39.4 Å². The summed E-state index contributed by atoms with van der Waals surface area (Å²) in [6.45, 7) is 9.44. The number of nitrogens with one attached hydrogen (secondary N) is 1. The summed E-state index contributed by atoms with van der Waals surface area (Å²) in [5.74, 6) is 0. The number of rotatable bonds is 4. The van der Waals surface area contributed by atoms with Crippen LogP contribution in [0.4, 0.5) is 0 Å². The molecule has 0 saturated heterocycles. The average molecular weight is 294 g/mol. The smallest absolute Gasteiger partial charge is 0.0688 e. The Morgan fingerprint density at radius 1 is 1.21 bits per heavy atom. The average Bonchev–Trinajstić information content (AvgIpc) is 2.69. The van der Waals surface area contributed by atoms with Crippen molar-refractivity contribution in [3.63, 3.8) is 0 Å². The van der Waals surface area contributed by atoms with Gasteiger partial charge in [0.2, 0.25) is 0 Å². The van der Waals surface area contributed by atoms with Gasteiger partial charge in [-0.05, 0) is 50.1 Å². The summed E-state index contributed by atoms with van der Waals surface area (Å²) in [6.07, 6.45) is 0. The van der Waals surface area contributed by atoms with Gasteiger partial charge in [0, 0.05) is 14.8 Å². The quantitative estimate of drug-likeness (QED) is 0.834. The molecule has 1 N–H and O–H groups in total. The molecule has 102 valence electrons. The van der Waals surface area contributed by atoms with Gasteiger partial charge in [-0.1, -0.05) is 36.7 Å². The summed E-state index contributed by atoms with van der Waals surface area (Å²) in [6, 6.07) is 8.69. The van der Waals surface area contributed by atoms with Crippen molar-refractivity contribution in [3.05, 3.63) is 55.7 Å². The first kappa shape index (κ1) is 14.6. The maximum absolute atomic E-state index is 6.50. The first-order valence-electron chi connectivity index (χ1n) is 6.60. The van der Waals surface area contributed by atoms with E-state index >= 15 is 0 Å². The zero-order valence-corrected chi connectivity index (χ0v) is 13.5. The van der Waals surface area contributed by atoms with Crippen LogP contribution in [-0.4, -0.2) is 6.54 Å². The van der Waals surface area contributed by atoms with E-state index in [1.54, 1.807) is 0 Å². The Hall–Kier alpha value is -0.830. The van der Waals surface area contributed by atoms with Crippen LogP contribution in [0, 0.1) is 20.8 Å². The van der Waals surface area contributed by atoms with Gasteiger partial charge in [0.15, 0.2) is 0 Å². The van der Waals surface area contributed by atoms with Crippen LogP contribution < -0.4 is 5.32 Å². The first-order valence-corrected chi connectivity index (χ1v) is 7.79. The minimum atomic E-state index is 0.191. The van der Waals surface area contributed by atoms with Gasteiger partial charge < -0.3 is 5.32 Å². The largest absolute Gasteiger partial charge is 0.306 e. The van der Waals surface area contributed by atoms with E-state index in [4.69, 9.17) is 11.6 Å². The Morgan fingerprint density at radius 3 is 2.53 bits per heavy atom. The van der Waals surface area contributed by atoms with E-state index in [1.165, 1.54) is 20.9 Å². The third-order valence-electron chi connectivity index (χ3n) is 3.28. The standard InChI is InChI=1S/C16H20ClNS/c1-5-18-15(16-11(3)9-12(4)19-16)13-8-6-7-10(2)14(13)17/h6-9,15,18H,5H2,1-4H3. The van der Waals surface area contributed by atoms with Crippen molar-refractivity contribution in [1.82, 2.24) is 5.32 Å². The van der Waals surface area contributed by atoms with Crippen LogP contribution in [0.3, 0.4) is 0 Å². The van der Waals surface area contributed by atoms with E-state index < -0.39 is 0 Å². The lowest BCUT2D eigenvalue weighted by Crippen LogP contribution is -2.22. The topological polar surface area (TPSA) is 12.0 Å². The molecule has 0 radical (unpaired) electrons. The van der Waals surface area contributed by atoms with E-state index in [-0.39, 0.29) is 6.04 Å². The summed E-state index contributed by atoms with van der Waals surface area (Å²) in [4.78, 5) is 2.71. The summed E-state index contributed by atoms with van der Waals surface area (Å²) in [5, 5.41) is 4.44. The van der Waals surface area contributed by atoms with Gasteiger partial charge in [0.25, 0.3) is 0 Å². The maximum atomic E-state index is 6.50. The zero-order valence-electron chi connectivity index (χ0n) is 11.9. The van der Waals surface area contributed by atoms with E-state index in [1.807, 2.05) is 11.3 Å². The predicted molar refractivity (Wildman–Crippen MR) is 85.5 cm³/mol. The molecule has 1 unspecified atom stereocenters. The van der Waals surface area contributed by atoms with Crippen molar-refractivity contribution < 1.29 is 0 Å². The van der Waals surface area contributed by atoms with Crippen LogP contribution in [0.25, 0.3) is 0 Å². The van der Waals surface area contributed by atoms with Crippen LogP contribution in [0.15, 0.2) is 24.3 Å². The van der Waals surface area contributed by atoms with Crippen molar-refractivity contribution in [1.29, 1.82) is 0 Å². The number of halogens is 1. The molecule has 0 aliphatic heterocycles. The van der Waals surface area contributed by atoms with Gasteiger partial charge >= 0.3 is 0 Å². The molecule has 0 bridgehead atoms. The normalized spacial score (nSPS) is 12.7. The molecule has 0 saturated carbocycles. The molecule has 0 aliphatic rings. The number of aryl methyl sites for hydroxylation is 3. The Bertz CT molecular complexity index is 574. The van der Waals surface area contributed by atoms with E-state index in [0.717, 1.165) is 17.1 Å². The summed E-state index contributed by atoms with van der Waals surface area (Å²) < 4.78 is 0. The van der Waals surface area contributed by atoms with Gasteiger partial charge in [-0.2, -0.15) is 0 Å². The fraction of sp³-hybridized carbons (Fsp3) is 0.375. The minimum Gasteiger partial charge on any atom is -0.306 e. The SMILES string of the molecule is CCNC(c1cccc(C)c1Cl)c1sc(C)cc1C. The van der Waals surface area contributed by atoms with Crippen molar-refractivity contribution in [2.75, 3.05) is 6.54 Å². The molecule has 19 heavy (non-hydrogen) atoms. The molecule has 0 fully saturated rings. The number of hydrogen-bond acceptors (Lipinski definition) is 2. The van der Waals surface area contributed by atoms with Crippen LogP contribution in [0.5, 0.6) is 0 Å². The summed E-state index contributed by atoms with van der Waals surface area (Å²) in [5.41, 5.74) is 3.65. The van der Waals surface area contributed by atoms with Crippen LogP contribution >= 0.6 is 22.9 Å². The predicted octanol–water partition coefficient (Wildman–Crippen LogP) is 5.03. The van der Waals surface area contributed by atoms with Crippen molar-refractivity contribution in [2.45, 2.75) is 33.7 Å². The van der Waals surface area contributed by atoms with Gasteiger partial charge in [-0.15, -0.1) is 11.3 Å². The molecule has 3 heteroatoms. The Labute approximate surface area is 124 Å². The van der Waals surface area contributed by atoms with Crippen LogP contribution in [0.2, 0.25) is 5.02 Å². The second kappa shape index (κ2) is 6.08. The minimum absolute atomic E-state index is 0.191. The fourth-order valence-electron chi connectivity index (χ4n) is 2.39. The molecular weight excluding hydrogens is 274 g/mol. The lowest BCUT2D eigenvalue weighted by Gasteiger charge is -2.20.